The molecule has 0 saturated carbocycles. The summed E-state index contributed by atoms with van der Waals surface area (Å²) >= 11 is 0. The molecule has 0 radical (unpaired) electrons. The Balaban J connectivity index is 1.96. The maximum Gasteiger partial charge on any atom is 0.315 e. The van der Waals surface area contributed by atoms with Crippen LogP contribution in [-0.2, 0) is 17.8 Å². The summed E-state index contributed by atoms with van der Waals surface area (Å²) < 4.78 is 0. The molecule has 0 saturated heterocycles. The first-order chi connectivity index (χ1) is 12.6. The van der Waals surface area contributed by atoms with Gasteiger partial charge in [0.2, 0.25) is 5.91 Å². The molecule has 1 unspecified atom stereocenters. The third-order valence-corrected chi connectivity index (χ3v) is 3.78. The molecule has 6 nitrogen and oxygen atoms in total. The highest BCUT2D eigenvalue weighted by molar-refractivity contribution is 5.87. The van der Waals surface area contributed by atoms with Crippen molar-refractivity contribution in [3.63, 3.8) is 0 Å². The van der Waals surface area contributed by atoms with Crippen molar-refractivity contribution in [2.75, 3.05) is 6.54 Å². The second kappa shape index (κ2) is 9.84. The van der Waals surface area contributed by atoms with Gasteiger partial charge in [-0.15, -0.1) is 0 Å². The highest BCUT2D eigenvalue weighted by Crippen LogP contribution is 2.05. The summed E-state index contributed by atoms with van der Waals surface area (Å²) in [6, 6.07) is 17.9. The van der Waals surface area contributed by atoms with Crippen LogP contribution in [0, 0.1) is 18.3 Å². The third kappa shape index (κ3) is 6.29. The van der Waals surface area contributed by atoms with E-state index in [1.54, 1.807) is 0 Å². The van der Waals surface area contributed by atoms with Crippen molar-refractivity contribution in [1.82, 2.24) is 16.0 Å². The third-order valence-electron chi connectivity index (χ3n) is 3.78. The predicted octanol–water partition coefficient (Wildman–Crippen LogP) is 2.05. The van der Waals surface area contributed by atoms with Crippen molar-refractivity contribution in [3.05, 3.63) is 71.3 Å². The number of aryl methyl sites for hydroxylation is 1. The number of urea groups is 1. The van der Waals surface area contributed by atoms with E-state index >= 15 is 0 Å². The zero-order valence-electron chi connectivity index (χ0n) is 14.7. The molecule has 0 aromatic heterocycles. The standard InChI is InChI=1S/C20H22N4O2/c1-15-6-5-9-17(12-15)14-23-20(26)24-18(19(25)22-11-10-21)13-16-7-3-2-4-8-16/h2-9,12,18H,11,13-14H2,1H3,(H,22,25)(H2,23,24,26). The van der Waals surface area contributed by atoms with Gasteiger partial charge in [-0.25, -0.2) is 4.79 Å². The second-order valence-corrected chi connectivity index (χ2v) is 5.93. The van der Waals surface area contributed by atoms with Crippen LogP contribution in [0.15, 0.2) is 54.6 Å². The molecule has 2 aromatic carbocycles. The molecule has 2 aromatic rings. The minimum Gasteiger partial charge on any atom is -0.341 e. The summed E-state index contributed by atoms with van der Waals surface area (Å²) in [4.78, 5) is 24.5. The Morgan fingerprint density at radius 1 is 1.04 bits per heavy atom. The van der Waals surface area contributed by atoms with Gasteiger partial charge in [0.15, 0.2) is 0 Å². The molecule has 0 fully saturated rings. The van der Waals surface area contributed by atoms with E-state index in [0.29, 0.717) is 13.0 Å². The van der Waals surface area contributed by atoms with Gasteiger partial charge in [-0.1, -0.05) is 60.2 Å². The summed E-state index contributed by atoms with van der Waals surface area (Å²) in [5.41, 5.74) is 3.01. The second-order valence-electron chi connectivity index (χ2n) is 5.93. The van der Waals surface area contributed by atoms with Gasteiger partial charge in [0.1, 0.15) is 12.6 Å². The Kier molecular flexibility index (Phi) is 7.19. The van der Waals surface area contributed by atoms with E-state index in [9.17, 15) is 9.59 Å². The number of carbonyl (C=O) groups excluding carboxylic acids is 2. The van der Waals surface area contributed by atoms with Crippen LogP contribution in [0.1, 0.15) is 16.7 Å². The van der Waals surface area contributed by atoms with E-state index in [2.05, 4.69) is 16.0 Å². The summed E-state index contributed by atoms with van der Waals surface area (Å²) in [5.74, 6) is -0.388. The number of benzene rings is 2. The lowest BCUT2D eigenvalue weighted by Crippen LogP contribution is -2.51. The normalized spacial score (nSPS) is 11.1. The van der Waals surface area contributed by atoms with Crippen LogP contribution in [0.5, 0.6) is 0 Å². The number of nitriles is 1. The number of amides is 3. The lowest BCUT2D eigenvalue weighted by atomic mass is 10.1. The summed E-state index contributed by atoms with van der Waals surface area (Å²) in [6.45, 7) is 2.25. The molecular weight excluding hydrogens is 328 g/mol. The Morgan fingerprint density at radius 3 is 2.46 bits per heavy atom. The quantitative estimate of drug-likeness (QED) is 0.667. The minimum atomic E-state index is -0.761. The van der Waals surface area contributed by atoms with Gasteiger partial charge in [0, 0.05) is 13.0 Å². The molecule has 2 rings (SSSR count). The van der Waals surface area contributed by atoms with Gasteiger partial charge in [0.25, 0.3) is 0 Å². The molecule has 0 heterocycles. The Hall–Kier alpha value is -3.33. The lowest BCUT2D eigenvalue weighted by molar-refractivity contribution is -0.122. The molecular formula is C20H22N4O2. The molecule has 0 aliphatic carbocycles. The van der Waals surface area contributed by atoms with E-state index in [4.69, 9.17) is 5.26 Å². The van der Waals surface area contributed by atoms with Crippen LogP contribution in [-0.4, -0.2) is 24.5 Å². The number of carbonyl (C=O) groups is 2. The first kappa shape index (κ1) is 19.0. The smallest absolute Gasteiger partial charge is 0.315 e. The molecule has 3 N–H and O–H groups in total. The molecule has 1 atom stereocenters. The Labute approximate surface area is 153 Å². The molecule has 3 amide bonds. The largest absolute Gasteiger partial charge is 0.341 e. The summed E-state index contributed by atoms with van der Waals surface area (Å²) in [6.07, 6.45) is 0.343. The molecule has 134 valence electrons. The number of nitrogens with one attached hydrogen (secondary N) is 3. The molecule has 0 aliphatic heterocycles. The molecule has 6 heteroatoms. The van der Waals surface area contributed by atoms with Gasteiger partial charge in [-0.05, 0) is 18.1 Å². The number of nitrogens with zero attached hydrogens (tertiary/aromatic N) is 1. The van der Waals surface area contributed by atoms with Gasteiger partial charge in [-0.2, -0.15) is 5.26 Å². The average Bonchev–Trinajstić information content (AvgIpc) is 2.65. The van der Waals surface area contributed by atoms with Crippen LogP contribution in [0.2, 0.25) is 0 Å². The maximum atomic E-state index is 12.3. The van der Waals surface area contributed by atoms with E-state index in [0.717, 1.165) is 16.7 Å². The topological polar surface area (TPSA) is 94.0 Å². The maximum absolute atomic E-state index is 12.3. The highest BCUT2D eigenvalue weighted by atomic mass is 16.2. The van der Waals surface area contributed by atoms with Crippen LogP contribution in [0.25, 0.3) is 0 Å². The fourth-order valence-corrected chi connectivity index (χ4v) is 2.52. The zero-order valence-corrected chi connectivity index (χ0v) is 14.7. The van der Waals surface area contributed by atoms with E-state index < -0.39 is 12.1 Å². The Bertz CT molecular complexity index is 784. The highest BCUT2D eigenvalue weighted by Gasteiger charge is 2.20. The van der Waals surface area contributed by atoms with Gasteiger partial charge in [0.05, 0.1) is 6.07 Å². The van der Waals surface area contributed by atoms with E-state index in [1.807, 2.05) is 67.6 Å². The molecule has 0 spiro atoms. The van der Waals surface area contributed by atoms with E-state index in [1.165, 1.54) is 0 Å². The van der Waals surface area contributed by atoms with Crippen LogP contribution in [0.3, 0.4) is 0 Å². The summed E-state index contributed by atoms with van der Waals surface area (Å²) in [5, 5.41) is 16.6. The molecule has 0 bridgehead atoms. The average molecular weight is 350 g/mol. The van der Waals surface area contributed by atoms with Gasteiger partial charge >= 0.3 is 6.03 Å². The van der Waals surface area contributed by atoms with Crippen LogP contribution in [0.4, 0.5) is 4.79 Å². The van der Waals surface area contributed by atoms with Crippen molar-refractivity contribution < 1.29 is 9.59 Å². The number of hydrogen-bond acceptors (Lipinski definition) is 3. The molecule has 26 heavy (non-hydrogen) atoms. The number of rotatable bonds is 7. The first-order valence-corrected chi connectivity index (χ1v) is 8.37. The first-order valence-electron chi connectivity index (χ1n) is 8.37. The SMILES string of the molecule is Cc1cccc(CNC(=O)NC(Cc2ccccc2)C(=O)NCC#N)c1. The van der Waals surface area contributed by atoms with Crippen LogP contribution >= 0.6 is 0 Å². The fourth-order valence-electron chi connectivity index (χ4n) is 2.52. The lowest BCUT2D eigenvalue weighted by Gasteiger charge is -2.18. The van der Waals surface area contributed by atoms with Crippen molar-refractivity contribution in [1.29, 1.82) is 5.26 Å². The minimum absolute atomic E-state index is 0.100. The zero-order chi connectivity index (χ0) is 18.8. The van der Waals surface area contributed by atoms with Crippen molar-refractivity contribution in [3.8, 4) is 6.07 Å². The van der Waals surface area contributed by atoms with E-state index in [-0.39, 0.29) is 12.5 Å². The monoisotopic (exact) mass is 350 g/mol. The Morgan fingerprint density at radius 2 is 1.77 bits per heavy atom. The van der Waals surface area contributed by atoms with Crippen molar-refractivity contribution in [2.45, 2.75) is 25.9 Å². The summed E-state index contributed by atoms with van der Waals surface area (Å²) in [7, 11) is 0. The fraction of sp³-hybridized carbons (Fsp3) is 0.250. The van der Waals surface area contributed by atoms with Crippen molar-refractivity contribution >= 4 is 11.9 Å². The van der Waals surface area contributed by atoms with Crippen LogP contribution < -0.4 is 16.0 Å². The van der Waals surface area contributed by atoms with Gasteiger partial charge in [-0.3, -0.25) is 4.79 Å². The predicted molar refractivity (Wildman–Crippen MR) is 99.1 cm³/mol. The molecule has 0 aliphatic rings. The number of hydrogen-bond donors (Lipinski definition) is 3. The van der Waals surface area contributed by atoms with Crippen molar-refractivity contribution in [2.24, 2.45) is 0 Å². The van der Waals surface area contributed by atoms with Gasteiger partial charge < -0.3 is 16.0 Å².